The molecule has 1 aliphatic carbocycles. The van der Waals surface area contributed by atoms with Crippen molar-refractivity contribution in [1.82, 2.24) is 14.5 Å². The first-order chi connectivity index (χ1) is 8.75. The second kappa shape index (κ2) is 4.53. The normalized spacial score (nSPS) is 23.4. The van der Waals surface area contributed by atoms with Gasteiger partial charge in [-0.3, -0.25) is 4.98 Å². The van der Waals surface area contributed by atoms with Crippen LogP contribution in [0.2, 0.25) is 0 Å². The number of aliphatic hydroxyl groups excluding tert-OH is 1. The monoisotopic (exact) mass is 243 g/mol. The van der Waals surface area contributed by atoms with Crippen LogP contribution in [0.25, 0.3) is 11.5 Å². The van der Waals surface area contributed by atoms with Gasteiger partial charge in [-0.05, 0) is 37.8 Å². The van der Waals surface area contributed by atoms with Crippen molar-refractivity contribution >= 4 is 0 Å². The van der Waals surface area contributed by atoms with E-state index in [1.54, 1.807) is 6.20 Å². The van der Waals surface area contributed by atoms with Gasteiger partial charge in [0.25, 0.3) is 0 Å². The lowest BCUT2D eigenvalue weighted by Gasteiger charge is -2.18. The molecule has 0 spiro atoms. The molecule has 18 heavy (non-hydrogen) atoms. The van der Waals surface area contributed by atoms with E-state index in [1.807, 2.05) is 31.5 Å². The Morgan fingerprint density at radius 2 is 2.17 bits per heavy atom. The summed E-state index contributed by atoms with van der Waals surface area (Å²) in [5.74, 6) is 0.848. The van der Waals surface area contributed by atoms with Gasteiger partial charge in [0, 0.05) is 18.6 Å². The molecular formula is C14H17N3O. The SMILES string of the molecule is Cc1ccc(-c2nccn2[C@H]2CCC[C@@H]2O)nc1. The minimum Gasteiger partial charge on any atom is -0.391 e. The summed E-state index contributed by atoms with van der Waals surface area (Å²) in [5, 5.41) is 10.0. The third-order valence-electron chi connectivity index (χ3n) is 3.61. The van der Waals surface area contributed by atoms with Crippen molar-refractivity contribution in [3.8, 4) is 11.5 Å². The van der Waals surface area contributed by atoms with Crippen LogP contribution in [0.5, 0.6) is 0 Å². The fourth-order valence-corrected chi connectivity index (χ4v) is 2.62. The molecule has 3 rings (SSSR count). The molecule has 4 nitrogen and oxygen atoms in total. The van der Waals surface area contributed by atoms with E-state index in [9.17, 15) is 5.11 Å². The fourth-order valence-electron chi connectivity index (χ4n) is 2.62. The highest BCUT2D eigenvalue weighted by Crippen LogP contribution is 2.32. The lowest BCUT2D eigenvalue weighted by Crippen LogP contribution is -2.18. The van der Waals surface area contributed by atoms with Crippen molar-refractivity contribution in [2.24, 2.45) is 0 Å². The Morgan fingerprint density at radius 1 is 1.28 bits per heavy atom. The van der Waals surface area contributed by atoms with Gasteiger partial charge in [-0.15, -0.1) is 0 Å². The zero-order valence-corrected chi connectivity index (χ0v) is 10.5. The number of rotatable bonds is 2. The van der Waals surface area contributed by atoms with Gasteiger partial charge in [-0.25, -0.2) is 4.98 Å². The molecule has 0 unspecified atom stereocenters. The average Bonchev–Trinajstić information content (AvgIpc) is 2.98. The second-order valence-corrected chi connectivity index (χ2v) is 4.94. The number of imidazole rings is 1. The van der Waals surface area contributed by atoms with Crippen molar-refractivity contribution in [3.63, 3.8) is 0 Å². The third kappa shape index (κ3) is 1.93. The first kappa shape index (κ1) is 11.4. The fraction of sp³-hybridized carbons (Fsp3) is 0.429. The molecule has 2 aromatic heterocycles. The Balaban J connectivity index is 1.98. The maximum absolute atomic E-state index is 10.0. The smallest absolute Gasteiger partial charge is 0.158 e. The highest BCUT2D eigenvalue weighted by Gasteiger charge is 2.28. The number of nitrogens with zero attached hydrogens (tertiary/aromatic N) is 3. The number of aromatic nitrogens is 3. The standard InChI is InChI=1S/C14H17N3O/c1-10-5-6-11(16-9-10)14-15-7-8-17(14)12-3-2-4-13(12)18/h5-9,12-13,18H,2-4H2,1H3/t12-,13-/m0/s1. The molecule has 1 fully saturated rings. The molecule has 0 bridgehead atoms. The zero-order valence-electron chi connectivity index (χ0n) is 10.5. The van der Waals surface area contributed by atoms with E-state index in [1.165, 1.54) is 0 Å². The molecule has 2 atom stereocenters. The summed E-state index contributed by atoms with van der Waals surface area (Å²) in [4.78, 5) is 8.80. The van der Waals surface area contributed by atoms with Gasteiger partial charge in [0.2, 0.25) is 0 Å². The van der Waals surface area contributed by atoms with E-state index in [0.29, 0.717) is 0 Å². The van der Waals surface area contributed by atoms with Crippen LogP contribution in [0.1, 0.15) is 30.9 Å². The van der Waals surface area contributed by atoms with E-state index in [-0.39, 0.29) is 12.1 Å². The first-order valence-electron chi connectivity index (χ1n) is 6.39. The van der Waals surface area contributed by atoms with Gasteiger partial charge in [0.05, 0.1) is 12.1 Å². The first-order valence-corrected chi connectivity index (χ1v) is 6.39. The molecule has 94 valence electrons. The zero-order chi connectivity index (χ0) is 12.5. The molecule has 0 saturated heterocycles. The molecule has 0 aromatic carbocycles. The largest absolute Gasteiger partial charge is 0.391 e. The quantitative estimate of drug-likeness (QED) is 0.880. The molecule has 1 saturated carbocycles. The Labute approximate surface area is 106 Å². The van der Waals surface area contributed by atoms with Crippen molar-refractivity contribution in [2.75, 3.05) is 0 Å². The number of hydrogen-bond donors (Lipinski definition) is 1. The van der Waals surface area contributed by atoms with Crippen LogP contribution in [0.15, 0.2) is 30.7 Å². The van der Waals surface area contributed by atoms with E-state index in [4.69, 9.17) is 0 Å². The number of aliphatic hydroxyl groups is 1. The van der Waals surface area contributed by atoms with E-state index < -0.39 is 0 Å². The van der Waals surface area contributed by atoms with Gasteiger partial charge in [-0.1, -0.05) is 6.07 Å². The molecule has 1 N–H and O–H groups in total. The maximum atomic E-state index is 10.0. The van der Waals surface area contributed by atoms with Crippen LogP contribution in [0, 0.1) is 6.92 Å². The summed E-state index contributed by atoms with van der Waals surface area (Å²) in [7, 11) is 0. The van der Waals surface area contributed by atoms with Gasteiger partial charge in [-0.2, -0.15) is 0 Å². The summed E-state index contributed by atoms with van der Waals surface area (Å²) in [6.07, 6.45) is 8.27. The van der Waals surface area contributed by atoms with Crippen LogP contribution >= 0.6 is 0 Å². The molecule has 2 heterocycles. The third-order valence-corrected chi connectivity index (χ3v) is 3.61. The van der Waals surface area contributed by atoms with Crippen LogP contribution in [-0.2, 0) is 0 Å². The summed E-state index contributed by atoms with van der Waals surface area (Å²) in [6, 6.07) is 4.16. The molecule has 4 heteroatoms. The van der Waals surface area contributed by atoms with Crippen LogP contribution in [0.3, 0.4) is 0 Å². The highest BCUT2D eigenvalue weighted by molar-refractivity contribution is 5.50. The predicted molar refractivity (Wildman–Crippen MR) is 69.1 cm³/mol. The van der Waals surface area contributed by atoms with E-state index in [2.05, 4.69) is 14.5 Å². The Hall–Kier alpha value is -1.68. The number of hydrogen-bond acceptors (Lipinski definition) is 3. The average molecular weight is 243 g/mol. The molecule has 0 aliphatic heterocycles. The van der Waals surface area contributed by atoms with Crippen molar-refractivity contribution < 1.29 is 5.11 Å². The molecular weight excluding hydrogens is 226 g/mol. The van der Waals surface area contributed by atoms with E-state index >= 15 is 0 Å². The summed E-state index contributed by atoms with van der Waals surface area (Å²) >= 11 is 0. The molecule has 2 aromatic rings. The summed E-state index contributed by atoms with van der Waals surface area (Å²) < 4.78 is 2.06. The number of aryl methyl sites for hydroxylation is 1. The molecule has 1 aliphatic rings. The molecule has 0 amide bonds. The predicted octanol–water partition coefficient (Wildman–Crippen LogP) is 2.34. The second-order valence-electron chi connectivity index (χ2n) is 4.94. The topological polar surface area (TPSA) is 50.9 Å². The van der Waals surface area contributed by atoms with Gasteiger partial charge in [0.15, 0.2) is 5.82 Å². The van der Waals surface area contributed by atoms with Crippen LogP contribution in [-0.4, -0.2) is 25.7 Å². The summed E-state index contributed by atoms with van der Waals surface area (Å²) in [5.41, 5.74) is 2.00. The number of pyridine rings is 1. The summed E-state index contributed by atoms with van der Waals surface area (Å²) in [6.45, 7) is 2.02. The van der Waals surface area contributed by atoms with Crippen LogP contribution < -0.4 is 0 Å². The molecule has 0 radical (unpaired) electrons. The van der Waals surface area contributed by atoms with Crippen molar-refractivity contribution in [3.05, 3.63) is 36.3 Å². The lowest BCUT2D eigenvalue weighted by atomic mass is 10.2. The highest BCUT2D eigenvalue weighted by atomic mass is 16.3. The minimum atomic E-state index is -0.261. The van der Waals surface area contributed by atoms with Crippen molar-refractivity contribution in [2.45, 2.75) is 38.3 Å². The van der Waals surface area contributed by atoms with Crippen LogP contribution in [0.4, 0.5) is 0 Å². The maximum Gasteiger partial charge on any atom is 0.158 e. The van der Waals surface area contributed by atoms with Gasteiger partial charge in [0.1, 0.15) is 5.69 Å². The van der Waals surface area contributed by atoms with E-state index in [0.717, 1.165) is 36.3 Å². The Kier molecular flexibility index (Phi) is 2.88. The lowest BCUT2D eigenvalue weighted by molar-refractivity contribution is 0.137. The minimum absolute atomic E-state index is 0.144. The Bertz CT molecular complexity index is 532. The Morgan fingerprint density at radius 3 is 2.83 bits per heavy atom. The van der Waals surface area contributed by atoms with Gasteiger partial charge >= 0.3 is 0 Å². The van der Waals surface area contributed by atoms with Gasteiger partial charge < -0.3 is 9.67 Å². The van der Waals surface area contributed by atoms with Crippen molar-refractivity contribution in [1.29, 1.82) is 0 Å².